The minimum atomic E-state index is 0.686. The lowest BCUT2D eigenvalue weighted by atomic mass is 10.0. The summed E-state index contributed by atoms with van der Waals surface area (Å²) in [4.78, 5) is 10.1. The standard InChI is InChI=1S/C40H24N2O2/c1-3-9-25(10-4-1)26-15-17-27(18-16-26)34-24-35(42-40(41-34)28-11-5-2-6-12-28)29-19-22-37-33(23-29)32-21-20-31-30-13-7-8-14-36(30)43-38(31)39(32)44-37/h1-24H. The molecular weight excluding hydrogens is 540 g/mol. The fraction of sp³-hybridized carbons (Fsp3) is 0. The van der Waals surface area contributed by atoms with Crippen LogP contribution in [0.3, 0.4) is 0 Å². The molecule has 206 valence electrons. The van der Waals surface area contributed by atoms with Crippen molar-refractivity contribution in [2.45, 2.75) is 0 Å². The highest BCUT2D eigenvalue weighted by molar-refractivity contribution is 6.19. The highest BCUT2D eigenvalue weighted by Gasteiger charge is 2.17. The van der Waals surface area contributed by atoms with E-state index in [9.17, 15) is 0 Å². The van der Waals surface area contributed by atoms with Gasteiger partial charge in [0, 0.05) is 38.2 Å². The van der Waals surface area contributed by atoms with Gasteiger partial charge in [0.15, 0.2) is 17.0 Å². The summed E-state index contributed by atoms with van der Waals surface area (Å²) in [6, 6.07) is 49.8. The molecule has 0 fully saturated rings. The lowest BCUT2D eigenvalue weighted by Gasteiger charge is -2.10. The molecule has 0 aliphatic carbocycles. The van der Waals surface area contributed by atoms with Crippen LogP contribution in [0, 0.1) is 0 Å². The fourth-order valence-electron chi connectivity index (χ4n) is 6.10. The zero-order chi connectivity index (χ0) is 29.0. The second kappa shape index (κ2) is 9.79. The number of hydrogen-bond donors (Lipinski definition) is 0. The number of para-hydroxylation sites is 1. The van der Waals surface area contributed by atoms with Crippen LogP contribution in [0.5, 0.6) is 0 Å². The van der Waals surface area contributed by atoms with Crippen LogP contribution in [-0.4, -0.2) is 9.97 Å². The molecule has 0 unspecified atom stereocenters. The molecule has 0 saturated heterocycles. The van der Waals surface area contributed by atoms with Crippen molar-refractivity contribution < 1.29 is 8.83 Å². The van der Waals surface area contributed by atoms with Crippen LogP contribution >= 0.6 is 0 Å². The van der Waals surface area contributed by atoms with Gasteiger partial charge in [-0.3, -0.25) is 0 Å². The fourth-order valence-corrected chi connectivity index (χ4v) is 6.10. The highest BCUT2D eigenvalue weighted by Crippen LogP contribution is 2.40. The summed E-state index contributed by atoms with van der Waals surface area (Å²) in [6.45, 7) is 0. The van der Waals surface area contributed by atoms with Gasteiger partial charge in [0.25, 0.3) is 0 Å². The predicted molar refractivity (Wildman–Crippen MR) is 178 cm³/mol. The first-order valence-electron chi connectivity index (χ1n) is 14.7. The van der Waals surface area contributed by atoms with Crippen molar-refractivity contribution >= 4 is 43.9 Å². The summed E-state index contributed by atoms with van der Waals surface area (Å²) in [6.07, 6.45) is 0. The Morgan fingerprint density at radius 2 is 0.864 bits per heavy atom. The minimum Gasteiger partial charge on any atom is -0.452 e. The van der Waals surface area contributed by atoms with Crippen molar-refractivity contribution in [3.63, 3.8) is 0 Å². The van der Waals surface area contributed by atoms with E-state index < -0.39 is 0 Å². The van der Waals surface area contributed by atoms with Gasteiger partial charge in [-0.25, -0.2) is 9.97 Å². The molecule has 3 heterocycles. The number of furan rings is 2. The van der Waals surface area contributed by atoms with E-state index in [0.29, 0.717) is 5.82 Å². The number of rotatable bonds is 4. The largest absolute Gasteiger partial charge is 0.452 e. The van der Waals surface area contributed by atoms with E-state index in [0.717, 1.165) is 72.0 Å². The number of benzene rings is 6. The first kappa shape index (κ1) is 24.6. The number of hydrogen-bond acceptors (Lipinski definition) is 4. The van der Waals surface area contributed by atoms with Crippen molar-refractivity contribution in [2.24, 2.45) is 0 Å². The Hall–Kier alpha value is -6.00. The molecular formula is C40H24N2O2. The zero-order valence-electron chi connectivity index (χ0n) is 23.6. The Morgan fingerprint density at radius 1 is 0.341 bits per heavy atom. The molecule has 4 nitrogen and oxygen atoms in total. The van der Waals surface area contributed by atoms with Crippen LogP contribution in [-0.2, 0) is 0 Å². The third kappa shape index (κ3) is 4.00. The van der Waals surface area contributed by atoms with Gasteiger partial charge in [-0.2, -0.15) is 0 Å². The quantitative estimate of drug-likeness (QED) is 0.213. The van der Waals surface area contributed by atoms with Crippen LogP contribution < -0.4 is 0 Å². The summed E-state index contributed by atoms with van der Waals surface area (Å²) in [5.41, 5.74) is 10.3. The summed E-state index contributed by atoms with van der Waals surface area (Å²) in [5, 5.41) is 4.18. The Balaban J connectivity index is 1.20. The van der Waals surface area contributed by atoms with E-state index >= 15 is 0 Å². The maximum absolute atomic E-state index is 6.39. The van der Waals surface area contributed by atoms with E-state index in [1.54, 1.807) is 0 Å². The second-order valence-corrected chi connectivity index (χ2v) is 11.0. The molecule has 0 atom stereocenters. The Kier molecular flexibility index (Phi) is 5.47. The molecule has 9 aromatic rings. The molecule has 6 aromatic carbocycles. The van der Waals surface area contributed by atoms with Crippen LogP contribution in [0.25, 0.3) is 88.9 Å². The van der Waals surface area contributed by atoms with Gasteiger partial charge in [-0.1, -0.05) is 103 Å². The van der Waals surface area contributed by atoms with E-state index in [-0.39, 0.29) is 0 Å². The van der Waals surface area contributed by atoms with Gasteiger partial charge in [-0.05, 0) is 53.6 Å². The smallest absolute Gasteiger partial charge is 0.178 e. The van der Waals surface area contributed by atoms with Crippen molar-refractivity contribution in [3.05, 3.63) is 146 Å². The molecule has 0 aliphatic rings. The molecule has 44 heavy (non-hydrogen) atoms. The van der Waals surface area contributed by atoms with Crippen molar-refractivity contribution in [3.8, 4) is 45.0 Å². The number of aromatic nitrogens is 2. The Bertz CT molecular complexity index is 2470. The lowest BCUT2D eigenvalue weighted by molar-refractivity contribution is 0.633. The Morgan fingerprint density at radius 3 is 1.59 bits per heavy atom. The van der Waals surface area contributed by atoms with Crippen molar-refractivity contribution in [1.29, 1.82) is 0 Å². The molecule has 4 heteroatoms. The maximum Gasteiger partial charge on any atom is 0.178 e. The van der Waals surface area contributed by atoms with E-state index in [2.05, 4.69) is 84.9 Å². The zero-order valence-corrected chi connectivity index (χ0v) is 23.6. The van der Waals surface area contributed by atoms with Gasteiger partial charge in [0.2, 0.25) is 0 Å². The van der Waals surface area contributed by atoms with Crippen LogP contribution in [0.4, 0.5) is 0 Å². The summed E-state index contributed by atoms with van der Waals surface area (Å²) >= 11 is 0. The van der Waals surface area contributed by atoms with Gasteiger partial charge in [-0.15, -0.1) is 0 Å². The first-order valence-corrected chi connectivity index (χ1v) is 14.7. The molecule has 9 rings (SSSR count). The van der Waals surface area contributed by atoms with Gasteiger partial charge in [0.1, 0.15) is 11.2 Å². The monoisotopic (exact) mass is 564 g/mol. The molecule has 0 saturated carbocycles. The summed E-state index contributed by atoms with van der Waals surface area (Å²) < 4.78 is 12.7. The van der Waals surface area contributed by atoms with E-state index in [1.807, 2.05) is 60.7 Å². The SMILES string of the molecule is c1ccc(-c2ccc(-c3cc(-c4ccc5oc6c(ccc7c8ccccc8oc76)c5c4)nc(-c4ccccc4)n3)cc2)cc1. The predicted octanol–water partition coefficient (Wildman–Crippen LogP) is 10.9. The van der Waals surface area contributed by atoms with Gasteiger partial charge in [0.05, 0.1) is 11.4 Å². The summed E-state index contributed by atoms with van der Waals surface area (Å²) in [7, 11) is 0. The first-order chi connectivity index (χ1) is 21.8. The molecule has 0 bridgehead atoms. The van der Waals surface area contributed by atoms with Gasteiger partial charge < -0.3 is 8.83 Å². The molecule has 3 aromatic heterocycles. The molecule has 0 amide bonds. The van der Waals surface area contributed by atoms with Crippen LogP contribution in [0.15, 0.2) is 154 Å². The third-order valence-corrected chi connectivity index (χ3v) is 8.32. The molecule has 0 N–H and O–H groups in total. The maximum atomic E-state index is 6.39. The molecule has 0 aliphatic heterocycles. The summed E-state index contributed by atoms with van der Waals surface area (Å²) in [5.74, 6) is 0.686. The normalized spacial score (nSPS) is 11.6. The van der Waals surface area contributed by atoms with E-state index in [1.165, 1.54) is 11.1 Å². The number of nitrogens with zero attached hydrogens (tertiary/aromatic N) is 2. The van der Waals surface area contributed by atoms with Crippen molar-refractivity contribution in [1.82, 2.24) is 9.97 Å². The van der Waals surface area contributed by atoms with Crippen LogP contribution in [0.1, 0.15) is 0 Å². The molecule has 0 radical (unpaired) electrons. The van der Waals surface area contributed by atoms with E-state index in [4.69, 9.17) is 18.8 Å². The highest BCUT2D eigenvalue weighted by atomic mass is 16.4. The average Bonchev–Trinajstić information content (AvgIpc) is 3.67. The minimum absolute atomic E-state index is 0.686. The van der Waals surface area contributed by atoms with Gasteiger partial charge >= 0.3 is 0 Å². The lowest BCUT2D eigenvalue weighted by Crippen LogP contribution is -1.96. The molecule has 0 spiro atoms. The average molecular weight is 565 g/mol. The topological polar surface area (TPSA) is 52.1 Å². The Labute approximate surface area is 252 Å². The second-order valence-electron chi connectivity index (χ2n) is 11.0. The third-order valence-electron chi connectivity index (χ3n) is 8.32. The van der Waals surface area contributed by atoms with Crippen LogP contribution in [0.2, 0.25) is 0 Å². The van der Waals surface area contributed by atoms with Crippen molar-refractivity contribution in [2.75, 3.05) is 0 Å². The number of fused-ring (bicyclic) bond motifs is 7.